The van der Waals surface area contributed by atoms with Crippen LogP contribution in [0.5, 0.6) is 0 Å². The molecule has 13 rings (SSSR count). The van der Waals surface area contributed by atoms with E-state index in [0.29, 0.717) is 0 Å². The normalized spacial score (nSPS) is 14.4. The van der Waals surface area contributed by atoms with Crippen molar-refractivity contribution >= 4 is 53.9 Å². The summed E-state index contributed by atoms with van der Waals surface area (Å²) in [5, 5.41) is 12.9. The molecular weight excluding hydrogens is 745 g/mol. The minimum atomic E-state index is -0.163. The third-order valence-electron chi connectivity index (χ3n) is 14.8. The molecule has 2 aliphatic rings. The molecule has 0 heteroatoms. The lowest BCUT2D eigenvalue weighted by molar-refractivity contribution is 0.666. The molecule has 0 fully saturated rings. The van der Waals surface area contributed by atoms with Crippen molar-refractivity contribution in [1.82, 2.24) is 0 Å². The molecule has 11 aromatic rings. The molecule has 0 nitrogen and oxygen atoms in total. The number of fused-ring (bicyclic) bond motifs is 13. The molecule has 0 radical (unpaired) electrons. The Bertz CT molecular complexity index is 3740. The van der Waals surface area contributed by atoms with Crippen LogP contribution >= 0.6 is 0 Å². The maximum atomic E-state index is 2.52. The molecule has 0 N–H and O–H groups in total. The zero-order valence-electron chi connectivity index (χ0n) is 35.5. The maximum absolute atomic E-state index is 2.52. The summed E-state index contributed by atoms with van der Waals surface area (Å²) in [5.74, 6) is 0. The van der Waals surface area contributed by atoms with Crippen molar-refractivity contribution in [1.29, 1.82) is 0 Å². The highest BCUT2D eigenvalue weighted by Crippen LogP contribution is 2.55. The predicted octanol–water partition coefficient (Wildman–Crippen LogP) is 17.1. The van der Waals surface area contributed by atoms with Crippen molar-refractivity contribution in [2.24, 2.45) is 0 Å². The van der Waals surface area contributed by atoms with Gasteiger partial charge in [0.25, 0.3) is 0 Å². The first kappa shape index (κ1) is 35.5. The van der Waals surface area contributed by atoms with Crippen LogP contribution in [0.2, 0.25) is 0 Å². The summed E-state index contributed by atoms with van der Waals surface area (Å²) in [6.45, 7) is 9.67. The fraction of sp³-hybridized carbons (Fsp3) is 0.0968. The van der Waals surface area contributed by atoms with Gasteiger partial charge in [0.1, 0.15) is 0 Å². The van der Waals surface area contributed by atoms with Gasteiger partial charge < -0.3 is 0 Å². The highest BCUT2D eigenvalue weighted by Gasteiger charge is 2.39. The second-order valence-corrected chi connectivity index (χ2v) is 18.8. The molecule has 2 aliphatic carbocycles. The molecular formula is C62H44. The first-order chi connectivity index (χ1) is 30.3. The van der Waals surface area contributed by atoms with Gasteiger partial charge in [0.15, 0.2) is 0 Å². The number of hydrogen-bond donors (Lipinski definition) is 0. The van der Waals surface area contributed by atoms with Crippen molar-refractivity contribution in [3.05, 3.63) is 216 Å². The van der Waals surface area contributed by atoms with Gasteiger partial charge in [-0.2, -0.15) is 0 Å². The fourth-order valence-electron chi connectivity index (χ4n) is 11.9. The van der Waals surface area contributed by atoms with Crippen LogP contribution in [0.3, 0.4) is 0 Å². The topological polar surface area (TPSA) is 0 Å². The van der Waals surface area contributed by atoms with Crippen molar-refractivity contribution in [2.75, 3.05) is 0 Å². The summed E-state index contributed by atoms with van der Waals surface area (Å²) in [6.07, 6.45) is 0. The minimum Gasteiger partial charge on any atom is -0.0616 e. The van der Waals surface area contributed by atoms with E-state index in [4.69, 9.17) is 0 Å². The smallest absolute Gasteiger partial charge is 0.0165 e. The second kappa shape index (κ2) is 12.6. The molecule has 292 valence electrons. The number of rotatable bonds is 3. The van der Waals surface area contributed by atoms with Crippen LogP contribution in [0, 0.1) is 0 Å². The quantitative estimate of drug-likeness (QED) is 0.156. The van der Waals surface area contributed by atoms with Crippen LogP contribution in [0.15, 0.2) is 194 Å². The molecule has 0 atom stereocenters. The summed E-state index contributed by atoms with van der Waals surface area (Å²) >= 11 is 0. The minimum absolute atomic E-state index is 0.156. The highest BCUT2D eigenvalue weighted by atomic mass is 14.4. The lowest BCUT2D eigenvalue weighted by atomic mass is 9.78. The van der Waals surface area contributed by atoms with E-state index >= 15 is 0 Å². The standard InChI is InChI=1S/C62H44/c1-61(2)55-35-43(26-28-47(55)52-31-23-38-14-7-9-17-45(38)59(52)61)57-49-19-11-12-20-50(49)58(54-34-42(25-30-51(54)57)41-22-21-37-13-5-6-16-40(37)33-41)44-27-29-48-53-32-24-39-15-8-10-18-46(39)60(53)62(3,4)56(48)36-44/h5-36H,1-4H3. The van der Waals surface area contributed by atoms with E-state index in [2.05, 4.69) is 222 Å². The van der Waals surface area contributed by atoms with Gasteiger partial charge in [0.05, 0.1) is 0 Å². The van der Waals surface area contributed by atoms with Crippen LogP contribution in [0.25, 0.3) is 109 Å². The molecule has 0 saturated heterocycles. The molecule has 0 heterocycles. The highest BCUT2D eigenvalue weighted by molar-refractivity contribution is 6.22. The average Bonchev–Trinajstić information content (AvgIpc) is 3.69. The lowest BCUT2D eigenvalue weighted by Crippen LogP contribution is -2.15. The Labute approximate surface area is 362 Å². The molecule has 62 heavy (non-hydrogen) atoms. The van der Waals surface area contributed by atoms with Crippen LogP contribution in [-0.2, 0) is 10.8 Å². The van der Waals surface area contributed by atoms with E-state index in [0.717, 1.165) is 0 Å². The van der Waals surface area contributed by atoms with Gasteiger partial charge in [0, 0.05) is 10.8 Å². The lowest BCUT2D eigenvalue weighted by Gasteiger charge is -2.25. The molecule has 0 aromatic heterocycles. The van der Waals surface area contributed by atoms with Crippen molar-refractivity contribution < 1.29 is 0 Å². The first-order valence-corrected chi connectivity index (χ1v) is 22.1. The van der Waals surface area contributed by atoms with Crippen LogP contribution in [-0.4, -0.2) is 0 Å². The van der Waals surface area contributed by atoms with Gasteiger partial charge in [-0.15, -0.1) is 0 Å². The zero-order chi connectivity index (χ0) is 41.5. The Hall–Kier alpha value is -7.28. The SMILES string of the molecule is CC1(C)c2cc(-c3c4ccccc4c(-c4ccc5c(c4)C(C)(C)c4c-5ccc5ccccc45)c4cc(-c5ccc6ccccc6c5)ccc34)ccc2-c2ccc3ccccc3c21. The number of benzene rings is 11. The summed E-state index contributed by atoms with van der Waals surface area (Å²) in [5.41, 5.74) is 18.3. The third-order valence-corrected chi connectivity index (χ3v) is 14.8. The Kier molecular flexibility index (Phi) is 7.23. The third kappa shape index (κ3) is 4.84. The van der Waals surface area contributed by atoms with E-state index in [1.54, 1.807) is 0 Å². The van der Waals surface area contributed by atoms with E-state index < -0.39 is 0 Å². The molecule has 11 aromatic carbocycles. The Morgan fingerprint density at radius 3 is 1.21 bits per heavy atom. The molecule has 0 bridgehead atoms. The van der Waals surface area contributed by atoms with Gasteiger partial charge in [-0.25, -0.2) is 0 Å². The van der Waals surface area contributed by atoms with Crippen LogP contribution in [0.1, 0.15) is 49.9 Å². The fourth-order valence-corrected chi connectivity index (χ4v) is 11.9. The summed E-state index contributed by atoms with van der Waals surface area (Å²) in [4.78, 5) is 0. The zero-order valence-corrected chi connectivity index (χ0v) is 35.5. The first-order valence-electron chi connectivity index (χ1n) is 22.1. The van der Waals surface area contributed by atoms with E-state index in [9.17, 15) is 0 Å². The van der Waals surface area contributed by atoms with Crippen molar-refractivity contribution in [3.8, 4) is 55.6 Å². The Morgan fingerprint density at radius 1 is 0.258 bits per heavy atom. The second-order valence-electron chi connectivity index (χ2n) is 18.8. The van der Waals surface area contributed by atoms with Gasteiger partial charge >= 0.3 is 0 Å². The predicted molar refractivity (Wildman–Crippen MR) is 265 cm³/mol. The van der Waals surface area contributed by atoms with Crippen molar-refractivity contribution in [3.63, 3.8) is 0 Å². The maximum Gasteiger partial charge on any atom is 0.0165 e. The van der Waals surface area contributed by atoms with Gasteiger partial charge in [-0.3, -0.25) is 0 Å². The Morgan fingerprint density at radius 2 is 0.645 bits per heavy atom. The molecule has 0 aliphatic heterocycles. The monoisotopic (exact) mass is 788 g/mol. The summed E-state index contributed by atoms with van der Waals surface area (Å²) in [7, 11) is 0. The van der Waals surface area contributed by atoms with E-state index in [1.807, 2.05) is 0 Å². The van der Waals surface area contributed by atoms with Gasteiger partial charge in [-0.05, 0) is 156 Å². The molecule has 0 saturated carbocycles. The van der Waals surface area contributed by atoms with Crippen molar-refractivity contribution in [2.45, 2.75) is 38.5 Å². The molecule has 0 amide bonds. The van der Waals surface area contributed by atoms with E-state index in [1.165, 1.54) is 132 Å². The number of hydrogen-bond acceptors (Lipinski definition) is 0. The Balaban J connectivity index is 1.07. The van der Waals surface area contributed by atoms with Crippen LogP contribution in [0.4, 0.5) is 0 Å². The summed E-state index contributed by atoms with van der Waals surface area (Å²) in [6, 6.07) is 73.6. The van der Waals surface area contributed by atoms with Gasteiger partial charge in [-0.1, -0.05) is 198 Å². The van der Waals surface area contributed by atoms with Gasteiger partial charge in [0.2, 0.25) is 0 Å². The van der Waals surface area contributed by atoms with E-state index in [-0.39, 0.29) is 10.8 Å². The average molecular weight is 789 g/mol. The largest absolute Gasteiger partial charge is 0.0616 e. The van der Waals surface area contributed by atoms with Crippen LogP contribution < -0.4 is 0 Å². The molecule has 0 spiro atoms. The summed E-state index contributed by atoms with van der Waals surface area (Å²) < 4.78 is 0. The molecule has 0 unspecified atom stereocenters.